The van der Waals surface area contributed by atoms with E-state index in [1.165, 1.54) is 0 Å². The Balaban J connectivity index is 1.63. The number of piperidine rings is 1. The molecule has 27 heavy (non-hydrogen) atoms. The minimum absolute atomic E-state index is 0.182. The van der Waals surface area contributed by atoms with Crippen molar-refractivity contribution >= 4 is 6.09 Å². The topological polar surface area (TPSA) is 77.7 Å². The van der Waals surface area contributed by atoms with Crippen LogP contribution < -0.4 is 0 Å². The number of carbonyl (C=O) groups excluding carboxylic acids is 1. The molecule has 152 valence electrons. The SMILES string of the molecule is CC(C)(C)OC(=O)N1CCCCC1c1noc(C2CC(OC(F)(F)F)C2)n1. The highest BCUT2D eigenvalue weighted by atomic mass is 19.4. The Morgan fingerprint density at radius 3 is 2.56 bits per heavy atom. The van der Waals surface area contributed by atoms with Crippen LogP contribution in [0, 0.1) is 0 Å². The van der Waals surface area contributed by atoms with E-state index in [0.29, 0.717) is 24.7 Å². The zero-order valence-electron chi connectivity index (χ0n) is 15.6. The molecule has 1 aromatic rings. The molecule has 3 rings (SSSR count). The van der Waals surface area contributed by atoms with Crippen LogP contribution in [0.2, 0.25) is 0 Å². The quantitative estimate of drug-likeness (QED) is 0.764. The van der Waals surface area contributed by atoms with Crippen molar-refractivity contribution in [1.29, 1.82) is 0 Å². The average Bonchev–Trinajstić information content (AvgIpc) is 2.97. The van der Waals surface area contributed by atoms with E-state index >= 15 is 0 Å². The summed E-state index contributed by atoms with van der Waals surface area (Å²) in [6.45, 7) is 5.93. The summed E-state index contributed by atoms with van der Waals surface area (Å²) in [6, 6.07) is -0.353. The molecule has 0 spiro atoms. The summed E-state index contributed by atoms with van der Waals surface area (Å²) < 4.78 is 51.3. The van der Waals surface area contributed by atoms with Crippen molar-refractivity contribution in [2.45, 2.75) is 82.9 Å². The number of nitrogens with zero attached hydrogens (tertiary/aromatic N) is 3. The summed E-state index contributed by atoms with van der Waals surface area (Å²) in [4.78, 5) is 18.4. The van der Waals surface area contributed by atoms with Gasteiger partial charge in [-0.2, -0.15) is 4.98 Å². The van der Waals surface area contributed by atoms with E-state index < -0.39 is 24.2 Å². The highest BCUT2D eigenvalue weighted by molar-refractivity contribution is 5.68. The van der Waals surface area contributed by atoms with Crippen LogP contribution in [0.15, 0.2) is 4.52 Å². The molecule has 2 fully saturated rings. The molecule has 1 unspecified atom stereocenters. The highest BCUT2D eigenvalue weighted by Crippen LogP contribution is 2.41. The van der Waals surface area contributed by atoms with Crippen LogP contribution in [0.1, 0.15) is 76.6 Å². The van der Waals surface area contributed by atoms with Gasteiger partial charge in [0, 0.05) is 12.5 Å². The fraction of sp³-hybridized carbons (Fsp3) is 0.824. The number of alkyl halides is 3. The lowest BCUT2D eigenvalue weighted by Crippen LogP contribution is -2.42. The minimum Gasteiger partial charge on any atom is -0.444 e. The Hall–Kier alpha value is -1.84. The van der Waals surface area contributed by atoms with Gasteiger partial charge in [-0.3, -0.25) is 9.64 Å². The Morgan fingerprint density at radius 2 is 1.93 bits per heavy atom. The second-order valence-corrected chi connectivity index (χ2v) is 8.03. The Labute approximate surface area is 155 Å². The lowest BCUT2D eigenvalue weighted by Gasteiger charge is -2.35. The van der Waals surface area contributed by atoms with Crippen LogP contribution in [0.5, 0.6) is 0 Å². The first-order valence-electron chi connectivity index (χ1n) is 9.09. The monoisotopic (exact) mass is 391 g/mol. The number of aromatic nitrogens is 2. The first-order valence-corrected chi connectivity index (χ1v) is 9.09. The van der Waals surface area contributed by atoms with Crippen molar-refractivity contribution in [3.63, 3.8) is 0 Å². The van der Waals surface area contributed by atoms with Gasteiger partial charge >= 0.3 is 12.5 Å². The summed E-state index contributed by atoms with van der Waals surface area (Å²) in [5.41, 5.74) is -0.610. The maximum atomic E-state index is 12.5. The van der Waals surface area contributed by atoms with Gasteiger partial charge in [-0.25, -0.2) is 4.79 Å². The maximum absolute atomic E-state index is 12.5. The van der Waals surface area contributed by atoms with E-state index in [2.05, 4.69) is 14.9 Å². The maximum Gasteiger partial charge on any atom is 0.522 e. The molecule has 0 radical (unpaired) electrons. The van der Waals surface area contributed by atoms with E-state index in [1.54, 1.807) is 25.7 Å². The lowest BCUT2D eigenvalue weighted by atomic mass is 9.82. The smallest absolute Gasteiger partial charge is 0.444 e. The van der Waals surface area contributed by atoms with Gasteiger partial charge in [0.2, 0.25) is 5.89 Å². The molecule has 0 N–H and O–H groups in total. The van der Waals surface area contributed by atoms with Gasteiger partial charge in [-0.1, -0.05) is 5.16 Å². The normalized spacial score (nSPS) is 26.6. The third-order valence-corrected chi connectivity index (χ3v) is 4.63. The van der Waals surface area contributed by atoms with E-state index in [1.807, 2.05) is 0 Å². The molecule has 7 nitrogen and oxygen atoms in total. The molecule has 1 saturated heterocycles. The molecule has 1 aliphatic carbocycles. The number of carbonyl (C=O) groups is 1. The van der Waals surface area contributed by atoms with E-state index in [4.69, 9.17) is 9.26 Å². The van der Waals surface area contributed by atoms with Crippen LogP contribution in [0.25, 0.3) is 0 Å². The molecule has 1 aliphatic heterocycles. The van der Waals surface area contributed by atoms with Crippen LogP contribution in [-0.2, 0) is 9.47 Å². The standard InChI is InChI=1S/C17H24F3N3O4/c1-16(2,3)26-15(24)23-7-5-4-6-12(23)13-21-14(27-22-13)10-8-11(9-10)25-17(18,19)20/h10-12H,4-9H2,1-3H3. The molecule has 0 bridgehead atoms. The lowest BCUT2D eigenvalue weighted by molar-refractivity contribution is -0.352. The van der Waals surface area contributed by atoms with Gasteiger partial charge in [-0.05, 0) is 52.9 Å². The van der Waals surface area contributed by atoms with Crippen LogP contribution in [0.3, 0.4) is 0 Å². The zero-order valence-corrected chi connectivity index (χ0v) is 15.6. The second kappa shape index (κ2) is 7.29. The zero-order chi connectivity index (χ0) is 19.8. The highest BCUT2D eigenvalue weighted by Gasteiger charge is 2.43. The molecule has 1 aromatic heterocycles. The Morgan fingerprint density at radius 1 is 1.22 bits per heavy atom. The molecule has 1 atom stereocenters. The van der Waals surface area contributed by atoms with Gasteiger partial charge in [0.05, 0.1) is 12.1 Å². The number of rotatable bonds is 3. The first-order chi connectivity index (χ1) is 12.5. The second-order valence-electron chi connectivity index (χ2n) is 8.03. The molecule has 1 amide bonds. The van der Waals surface area contributed by atoms with Crippen molar-refractivity contribution in [2.75, 3.05) is 6.54 Å². The fourth-order valence-electron chi connectivity index (χ4n) is 3.34. The molecule has 2 aliphatic rings. The first kappa shape index (κ1) is 19.9. The van der Waals surface area contributed by atoms with Gasteiger partial charge in [-0.15, -0.1) is 13.2 Å². The summed E-state index contributed by atoms with van der Waals surface area (Å²) in [7, 11) is 0. The minimum atomic E-state index is -4.63. The molecule has 0 aromatic carbocycles. The number of amides is 1. The van der Waals surface area contributed by atoms with Crippen LogP contribution in [0.4, 0.5) is 18.0 Å². The molecule has 10 heteroatoms. The Bertz CT molecular complexity index is 665. The van der Waals surface area contributed by atoms with Gasteiger partial charge in [0.15, 0.2) is 5.82 Å². The van der Waals surface area contributed by atoms with Gasteiger partial charge < -0.3 is 9.26 Å². The van der Waals surface area contributed by atoms with Crippen molar-refractivity contribution in [3.05, 3.63) is 11.7 Å². The van der Waals surface area contributed by atoms with Crippen LogP contribution >= 0.6 is 0 Å². The molecule has 2 heterocycles. The number of halogens is 3. The number of hydrogen-bond acceptors (Lipinski definition) is 6. The number of hydrogen-bond donors (Lipinski definition) is 0. The van der Waals surface area contributed by atoms with Gasteiger partial charge in [0.1, 0.15) is 5.60 Å². The third-order valence-electron chi connectivity index (χ3n) is 4.63. The van der Waals surface area contributed by atoms with E-state index in [0.717, 1.165) is 12.8 Å². The van der Waals surface area contributed by atoms with Gasteiger partial charge in [0.25, 0.3) is 0 Å². The van der Waals surface area contributed by atoms with Crippen molar-refractivity contribution in [3.8, 4) is 0 Å². The summed E-state index contributed by atoms with van der Waals surface area (Å²) >= 11 is 0. The number of likely N-dealkylation sites (tertiary alicyclic amines) is 1. The molecular formula is C17H24F3N3O4. The summed E-state index contributed by atoms with van der Waals surface area (Å²) in [6.07, 6.45) is -3.12. The predicted octanol–water partition coefficient (Wildman–Crippen LogP) is 4.31. The summed E-state index contributed by atoms with van der Waals surface area (Å²) in [5.74, 6) is 0.412. The van der Waals surface area contributed by atoms with Crippen molar-refractivity contribution < 1.29 is 32.0 Å². The summed E-state index contributed by atoms with van der Waals surface area (Å²) in [5, 5.41) is 3.97. The van der Waals surface area contributed by atoms with Crippen molar-refractivity contribution in [1.82, 2.24) is 15.0 Å². The molecule has 1 saturated carbocycles. The third kappa shape index (κ3) is 5.12. The van der Waals surface area contributed by atoms with E-state index in [9.17, 15) is 18.0 Å². The Kier molecular flexibility index (Phi) is 5.38. The van der Waals surface area contributed by atoms with E-state index in [-0.39, 0.29) is 24.8 Å². The largest absolute Gasteiger partial charge is 0.522 e. The fourth-order valence-corrected chi connectivity index (χ4v) is 3.34. The molecular weight excluding hydrogens is 367 g/mol. The predicted molar refractivity (Wildman–Crippen MR) is 86.7 cm³/mol. The van der Waals surface area contributed by atoms with Crippen LogP contribution in [-0.4, -0.2) is 45.7 Å². The van der Waals surface area contributed by atoms with Crippen molar-refractivity contribution in [2.24, 2.45) is 0 Å². The number of ether oxygens (including phenoxy) is 2. The average molecular weight is 391 g/mol.